The number of rotatable bonds is 3. The predicted octanol–water partition coefficient (Wildman–Crippen LogP) is 3.72. The summed E-state index contributed by atoms with van der Waals surface area (Å²) >= 11 is 0. The Bertz CT molecular complexity index is 1140. The van der Waals surface area contributed by atoms with Gasteiger partial charge in [-0.2, -0.15) is 0 Å². The number of nitrogens with zero attached hydrogens (tertiary/aromatic N) is 1. The molecule has 3 aromatic carbocycles. The summed E-state index contributed by atoms with van der Waals surface area (Å²) in [4.78, 5) is 27.0. The lowest BCUT2D eigenvalue weighted by Crippen LogP contribution is -2.29. The number of aromatic hydroxyl groups is 2. The Kier molecular flexibility index (Phi) is 4.52. The minimum absolute atomic E-state index is 0.0508. The molecule has 3 aromatic rings. The fraction of sp³-hybridized carbons (Fsp3) is 0.0435. The molecule has 0 saturated carbocycles. The van der Waals surface area contributed by atoms with Crippen LogP contribution >= 0.6 is 0 Å². The van der Waals surface area contributed by atoms with Crippen LogP contribution in [0.25, 0.3) is 5.76 Å². The van der Waals surface area contributed by atoms with Crippen LogP contribution in [0.1, 0.15) is 17.2 Å². The smallest absolute Gasteiger partial charge is 0.300 e. The Morgan fingerprint density at radius 3 is 2.21 bits per heavy atom. The lowest BCUT2D eigenvalue weighted by molar-refractivity contribution is -0.132. The highest BCUT2D eigenvalue weighted by Gasteiger charge is 2.47. The van der Waals surface area contributed by atoms with Gasteiger partial charge < -0.3 is 15.3 Å². The number of Topliss-reactive ketones (excluding diaryl/α,β-unsaturated/α-hetero) is 1. The second-order valence-corrected chi connectivity index (χ2v) is 6.62. The van der Waals surface area contributed by atoms with Crippen LogP contribution in [0.15, 0.2) is 84.4 Å². The molecule has 1 saturated heterocycles. The molecular formula is C23H17NO5. The summed E-state index contributed by atoms with van der Waals surface area (Å²) in [5, 5.41) is 31.1. The zero-order valence-electron chi connectivity index (χ0n) is 15.2. The van der Waals surface area contributed by atoms with E-state index in [0.717, 1.165) is 4.90 Å². The van der Waals surface area contributed by atoms with Gasteiger partial charge in [0, 0.05) is 5.56 Å². The number of aliphatic hydroxyl groups is 1. The molecule has 1 aliphatic heterocycles. The van der Waals surface area contributed by atoms with Crippen molar-refractivity contribution in [3.8, 4) is 11.5 Å². The third-order valence-corrected chi connectivity index (χ3v) is 4.82. The maximum absolute atomic E-state index is 12.9. The van der Waals surface area contributed by atoms with Crippen molar-refractivity contribution in [3.05, 3.63) is 95.6 Å². The first kappa shape index (κ1) is 18.3. The number of anilines is 1. The van der Waals surface area contributed by atoms with Crippen LogP contribution in [-0.2, 0) is 9.59 Å². The predicted molar refractivity (Wildman–Crippen MR) is 107 cm³/mol. The lowest BCUT2D eigenvalue weighted by Gasteiger charge is -2.26. The molecular weight excluding hydrogens is 370 g/mol. The van der Waals surface area contributed by atoms with Gasteiger partial charge in [0.1, 0.15) is 17.3 Å². The Hall–Kier alpha value is -4.06. The average molecular weight is 387 g/mol. The van der Waals surface area contributed by atoms with E-state index in [0.29, 0.717) is 11.1 Å². The summed E-state index contributed by atoms with van der Waals surface area (Å²) < 4.78 is 0. The number of para-hydroxylation sites is 2. The molecule has 1 fully saturated rings. The highest BCUT2D eigenvalue weighted by molar-refractivity contribution is 6.51. The number of amides is 1. The molecule has 0 aliphatic carbocycles. The van der Waals surface area contributed by atoms with E-state index in [1.165, 1.54) is 24.3 Å². The Labute approximate surface area is 166 Å². The van der Waals surface area contributed by atoms with E-state index >= 15 is 0 Å². The number of carbonyl (C=O) groups is 2. The van der Waals surface area contributed by atoms with E-state index in [2.05, 4.69) is 0 Å². The number of hydrogen-bond acceptors (Lipinski definition) is 5. The third kappa shape index (κ3) is 3.10. The molecule has 1 atom stereocenters. The van der Waals surface area contributed by atoms with Crippen LogP contribution in [0.3, 0.4) is 0 Å². The third-order valence-electron chi connectivity index (χ3n) is 4.82. The van der Waals surface area contributed by atoms with Crippen molar-refractivity contribution in [2.24, 2.45) is 0 Å². The standard InChI is InChI=1S/C23H17NO5/c25-16-10-6-9-15(13-16)20-19(21(27)14-7-2-1-3-8-14)22(28)23(29)24(20)17-11-4-5-12-18(17)26/h1-13,20,25-27H/b21-19-. The number of ketones is 1. The molecule has 144 valence electrons. The molecule has 6 heteroatoms. The van der Waals surface area contributed by atoms with Gasteiger partial charge in [-0.25, -0.2) is 0 Å². The fourth-order valence-electron chi connectivity index (χ4n) is 3.51. The first-order valence-corrected chi connectivity index (χ1v) is 8.92. The van der Waals surface area contributed by atoms with Gasteiger partial charge in [-0.1, -0.05) is 54.6 Å². The van der Waals surface area contributed by atoms with Crippen molar-refractivity contribution >= 4 is 23.1 Å². The minimum atomic E-state index is -1.02. The van der Waals surface area contributed by atoms with Gasteiger partial charge in [0.2, 0.25) is 0 Å². The van der Waals surface area contributed by atoms with Crippen molar-refractivity contribution in [2.45, 2.75) is 6.04 Å². The van der Waals surface area contributed by atoms with E-state index in [-0.39, 0.29) is 28.5 Å². The molecule has 0 spiro atoms. The summed E-state index contributed by atoms with van der Waals surface area (Å²) in [6.07, 6.45) is 0. The van der Waals surface area contributed by atoms with E-state index in [4.69, 9.17) is 0 Å². The lowest BCUT2D eigenvalue weighted by atomic mass is 9.95. The van der Waals surface area contributed by atoms with Gasteiger partial charge in [-0.3, -0.25) is 14.5 Å². The largest absolute Gasteiger partial charge is 0.508 e. The molecule has 0 aromatic heterocycles. The monoisotopic (exact) mass is 387 g/mol. The molecule has 1 amide bonds. The van der Waals surface area contributed by atoms with E-state index in [1.807, 2.05) is 0 Å². The second-order valence-electron chi connectivity index (χ2n) is 6.62. The average Bonchev–Trinajstić information content (AvgIpc) is 2.99. The number of hydrogen-bond donors (Lipinski definition) is 3. The van der Waals surface area contributed by atoms with Gasteiger partial charge in [-0.15, -0.1) is 0 Å². The van der Waals surface area contributed by atoms with Gasteiger partial charge >= 0.3 is 0 Å². The molecule has 1 heterocycles. The van der Waals surface area contributed by atoms with Crippen LogP contribution < -0.4 is 4.90 Å². The van der Waals surface area contributed by atoms with Crippen molar-refractivity contribution in [1.82, 2.24) is 0 Å². The zero-order chi connectivity index (χ0) is 20.5. The topological polar surface area (TPSA) is 98.1 Å². The molecule has 6 nitrogen and oxygen atoms in total. The summed E-state index contributed by atoms with van der Waals surface area (Å²) in [6, 6.07) is 19.7. The minimum Gasteiger partial charge on any atom is -0.508 e. The number of phenolic OH excluding ortho intramolecular Hbond substituents is 2. The number of carbonyl (C=O) groups excluding carboxylic acids is 2. The summed E-state index contributed by atoms with van der Waals surface area (Å²) in [5.74, 6) is -2.31. The van der Waals surface area contributed by atoms with E-state index in [9.17, 15) is 24.9 Å². The highest BCUT2D eigenvalue weighted by atomic mass is 16.3. The van der Waals surface area contributed by atoms with E-state index < -0.39 is 17.7 Å². The van der Waals surface area contributed by atoms with Gasteiger partial charge in [0.15, 0.2) is 0 Å². The van der Waals surface area contributed by atoms with Crippen LogP contribution in [-0.4, -0.2) is 27.0 Å². The molecule has 3 N–H and O–H groups in total. The normalized spacial score (nSPS) is 18.2. The molecule has 0 bridgehead atoms. The molecule has 4 rings (SSSR count). The maximum Gasteiger partial charge on any atom is 0.300 e. The molecule has 0 radical (unpaired) electrons. The summed E-state index contributed by atoms with van der Waals surface area (Å²) in [7, 11) is 0. The maximum atomic E-state index is 12.9. The Balaban J connectivity index is 1.99. The summed E-state index contributed by atoms with van der Waals surface area (Å²) in [6.45, 7) is 0. The highest BCUT2D eigenvalue weighted by Crippen LogP contribution is 2.44. The van der Waals surface area contributed by atoms with Crippen molar-refractivity contribution in [2.75, 3.05) is 4.90 Å². The quantitative estimate of drug-likeness (QED) is 0.361. The zero-order valence-corrected chi connectivity index (χ0v) is 15.2. The van der Waals surface area contributed by atoms with Crippen molar-refractivity contribution < 1.29 is 24.9 Å². The molecule has 1 aliphatic rings. The summed E-state index contributed by atoms with van der Waals surface area (Å²) in [5.41, 5.74) is 0.822. The van der Waals surface area contributed by atoms with Crippen molar-refractivity contribution in [1.29, 1.82) is 0 Å². The van der Waals surface area contributed by atoms with Gasteiger partial charge in [0.25, 0.3) is 11.7 Å². The Morgan fingerprint density at radius 1 is 0.828 bits per heavy atom. The van der Waals surface area contributed by atoms with Gasteiger partial charge in [-0.05, 0) is 29.8 Å². The van der Waals surface area contributed by atoms with Crippen LogP contribution in [0.2, 0.25) is 0 Å². The van der Waals surface area contributed by atoms with Crippen LogP contribution in [0.4, 0.5) is 5.69 Å². The first-order chi connectivity index (χ1) is 14.0. The van der Waals surface area contributed by atoms with Crippen LogP contribution in [0.5, 0.6) is 11.5 Å². The number of aliphatic hydroxyl groups excluding tert-OH is 1. The van der Waals surface area contributed by atoms with Crippen molar-refractivity contribution in [3.63, 3.8) is 0 Å². The van der Waals surface area contributed by atoms with E-state index in [1.54, 1.807) is 54.6 Å². The molecule has 1 unspecified atom stereocenters. The second kappa shape index (κ2) is 7.16. The first-order valence-electron chi connectivity index (χ1n) is 8.92. The number of benzene rings is 3. The van der Waals surface area contributed by atoms with Crippen LogP contribution in [0, 0.1) is 0 Å². The van der Waals surface area contributed by atoms with Gasteiger partial charge in [0.05, 0.1) is 17.3 Å². The number of phenols is 2. The fourth-order valence-corrected chi connectivity index (χ4v) is 3.51. The SMILES string of the molecule is O=C1C(=O)N(c2ccccc2O)C(c2cccc(O)c2)/C1=C(/O)c1ccccc1. The molecule has 29 heavy (non-hydrogen) atoms. The Morgan fingerprint density at radius 2 is 1.52 bits per heavy atom.